The number of benzene rings is 3. The summed E-state index contributed by atoms with van der Waals surface area (Å²) in [7, 11) is 1.22. The minimum absolute atomic E-state index is 0.0455. The van der Waals surface area contributed by atoms with Gasteiger partial charge in [0, 0.05) is 23.4 Å². The maximum Gasteiger partial charge on any atom is 0.357 e. The van der Waals surface area contributed by atoms with Crippen LogP contribution in [0.2, 0.25) is 0 Å². The van der Waals surface area contributed by atoms with Gasteiger partial charge in [0.25, 0.3) is 11.8 Å². The van der Waals surface area contributed by atoms with Crippen molar-refractivity contribution < 1.29 is 23.9 Å². The zero-order valence-electron chi connectivity index (χ0n) is 24.1. The molecular formula is C33H33N5O5. The number of methoxy groups -OCH3 is 1. The van der Waals surface area contributed by atoms with Crippen molar-refractivity contribution in [3.8, 4) is 16.9 Å². The molecule has 4 aromatic rings. The summed E-state index contributed by atoms with van der Waals surface area (Å²) in [6.07, 6.45) is 0. The first-order chi connectivity index (χ1) is 20.7. The lowest BCUT2D eigenvalue weighted by Crippen LogP contribution is -2.28. The van der Waals surface area contributed by atoms with E-state index in [0.29, 0.717) is 34.7 Å². The largest absolute Gasteiger partial charge is 0.489 e. The summed E-state index contributed by atoms with van der Waals surface area (Å²) in [6, 6.07) is 24.1. The molecule has 4 rings (SSSR count). The summed E-state index contributed by atoms with van der Waals surface area (Å²) in [4.78, 5) is 43.6. The SMILES string of the molecule is COC(=O)c1nc(C(=O)NCC(C)C)ccc1-c1ccc(OCc2ccccc2)cc1C(=O)Nc1ccc(C(=N)N)cc1. The number of carbonyl (C=O) groups is 3. The van der Waals surface area contributed by atoms with Crippen molar-refractivity contribution in [3.05, 3.63) is 113 Å². The first-order valence-corrected chi connectivity index (χ1v) is 13.6. The second kappa shape index (κ2) is 13.9. The van der Waals surface area contributed by atoms with Gasteiger partial charge in [-0.1, -0.05) is 44.2 Å². The van der Waals surface area contributed by atoms with E-state index in [2.05, 4.69) is 15.6 Å². The van der Waals surface area contributed by atoms with Crippen molar-refractivity contribution >= 4 is 29.3 Å². The standard InChI is InChI=1S/C33H33N5O5/c1-20(2)18-36-32(40)28-16-15-26(29(38-28)33(41)42-3)25-14-13-24(43-19-21-7-5-4-6-8-21)17-27(25)31(39)37-23-11-9-22(10-12-23)30(34)35/h4-17,20H,18-19H2,1-3H3,(H3,34,35)(H,36,40)(H,37,39). The predicted octanol–water partition coefficient (Wildman–Crippen LogP) is 5.04. The Bertz CT molecular complexity index is 1640. The van der Waals surface area contributed by atoms with Crippen LogP contribution in [0.15, 0.2) is 84.9 Å². The summed E-state index contributed by atoms with van der Waals surface area (Å²) < 4.78 is 11.0. The molecule has 2 amide bonds. The third-order valence-corrected chi connectivity index (χ3v) is 6.41. The molecule has 3 aromatic carbocycles. The Morgan fingerprint density at radius 3 is 2.26 bits per heavy atom. The Balaban J connectivity index is 1.74. The van der Waals surface area contributed by atoms with Gasteiger partial charge in [-0.25, -0.2) is 9.78 Å². The predicted molar refractivity (Wildman–Crippen MR) is 164 cm³/mol. The second-order valence-electron chi connectivity index (χ2n) is 10.1. The van der Waals surface area contributed by atoms with E-state index < -0.39 is 17.8 Å². The van der Waals surface area contributed by atoms with Crippen LogP contribution in [-0.4, -0.2) is 42.3 Å². The molecule has 10 heteroatoms. The summed E-state index contributed by atoms with van der Waals surface area (Å²) in [6.45, 7) is 4.66. The first kappa shape index (κ1) is 30.4. The minimum Gasteiger partial charge on any atom is -0.489 e. The molecule has 5 N–H and O–H groups in total. The van der Waals surface area contributed by atoms with E-state index in [1.807, 2.05) is 44.2 Å². The average Bonchev–Trinajstić information content (AvgIpc) is 3.02. The lowest BCUT2D eigenvalue weighted by atomic mass is 9.96. The summed E-state index contributed by atoms with van der Waals surface area (Å²) in [5.41, 5.74) is 8.31. The Labute approximate surface area is 249 Å². The van der Waals surface area contributed by atoms with Gasteiger partial charge in [0.2, 0.25) is 0 Å². The molecule has 0 saturated heterocycles. The molecule has 0 unspecified atom stereocenters. The van der Waals surface area contributed by atoms with Gasteiger partial charge in [0.15, 0.2) is 5.69 Å². The van der Waals surface area contributed by atoms with Gasteiger partial charge in [0.1, 0.15) is 23.9 Å². The van der Waals surface area contributed by atoms with E-state index in [9.17, 15) is 14.4 Å². The maximum absolute atomic E-state index is 13.7. The van der Waals surface area contributed by atoms with Crippen molar-refractivity contribution in [2.75, 3.05) is 19.0 Å². The quantitative estimate of drug-likeness (QED) is 0.110. The number of anilines is 1. The van der Waals surface area contributed by atoms with E-state index >= 15 is 0 Å². The molecule has 0 aliphatic rings. The van der Waals surface area contributed by atoms with E-state index in [1.165, 1.54) is 13.2 Å². The molecule has 0 saturated carbocycles. The highest BCUT2D eigenvalue weighted by molar-refractivity contribution is 6.11. The summed E-state index contributed by atoms with van der Waals surface area (Å²) in [5, 5.41) is 13.2. The van der Waals surface area contributed by atoms with Crippen LogP contribution < -0.4 is 21.1 Å². The van der Waals surface area contributed by atoms with Gasteiger partial charge < -0.3 is 25.8 Å². The fourth-order valence-electron chi connectivity index (χ4n) is 4.15. The number of hydrogen-bond donors (Lipinski definition) is 4. The van der Waals surface area contributed by atoms with Gasteiger partial charge >= 0.3 is 5.97 Å². The van der Waals surface area contributed by atoms with Crippen LogP contribution in [0.3, 0.4) is 0 Å². The normalized spacial score (nSPS) is 10.6. The van der Waals surface area contributed by atoms with Gasteiger partial charge in [-0.2, -0.15) is 0 Å². The number of amidine groups is 1. The van der Waals surface area contributed by atoms with Gasteiger partial charge in [-0.15, -0.1) is 0 Å². The van der Waals surface area contributed by atoms with Gasteiger partial charge in [-0.3, -0.25) is 15.0 Å². The minimum atomic E-state index is -0.760. The highest BCUT2D eigenvalue weighted by atomic mass is 16.5. The molecule has 1 heterocycles. The number of nitrogen functional groups attached to an aromatic ring is 1. The lowest BCUT2D eigenvalue weighted by Gasteiger charge is -2.16. The molecule has 0 aliphatic carbocycles. The van der Waals surface area contributed by atoms with Crippen molar-refractivity contribution in [2.45, 2.75) is 20.5 Å². The number of rotatable bonds is 11. The van der Waals surface area contributed by atoms with Crippen LogP contribution >= 0.6 is 0 Å². The van der Waals surface area contributed by atoms with Crippen LogP contribution in [0.25, 0.3) is 11.1 Å². The Morgan fingerprint density at radius 2 is 1.60 bits per heavy atom. The Hall–Kier alpha value is -5.51. The second-order valence-corrected chi connectivity index (χ2v) is 10.1. The molecule has 0 bridgehead atoms. The molecule has 0 aliphatic heterocycles. The topological polar surface area (TPSA) is 156 Å². The Morgan fingerprint density at radius 1 is 0.907 bits per heavy atom. The van der Waals surface area contributed by atoms with Crippen LogP contribution in [0.1, 0.15) is 56.3 Å². The van der Waals surface area contributed by atoms with Crippen LogP contribution in [0.4, 0.5) is 5.69 Å². The lowest BCUT2D eigenvalue weighted by molar-refractivity contribution is 0.0594. The number of nitrogens with two attached hydrogens (primary N) is 1. The summed E-state index contributed by atoms with van der Waals surface area (Å²) >= 11 is 0. The first-order valence-electron chi connectivity index (χ1n) is 13.6. The number of nitrogens with one attached hydrogen (secondary N) is 3. The number of aromatic nitrogens is 1. The highest BCUT2D eigenvalue weighted by Gasteiger charge is 2.23. The third kappa shape index (κ3) is 7.82. The van der Waals surface area contributed by atoms with Crippen molar-refractivity contribution in [1.82, 2.24) is 10.3 Å². The number of hydrogen-bond acceptors (Lipinski definition) is 7. The van der Waals surface area contributed by atoms with E-state index in [1.54, 1.807) is 48.5 Å². The average molecular weight is 580 g/mol. The molecule has 220 valence electrons. The van der Waals surface area contributed by atoms with Crippen molar-refractivity contribution in [3.63, 3.8) is 0 Å². The number of esters is 1. The van der Waals surface area contributed by atoms with Crippen LogP contribution in [-0.2, 0) is 11.3 Å². The zero-order valence-corrected chi connectivity index (χ0v) is 24.1. The molecule has 0 spiro atoms. The molecule has 43 heavy (non-hydrogen) atoms. The smallest absolute Gasteiger partial charge is 0.357 e. The van der Waals surface area contributed by atoms with Gasteiger partial charge in [0.05, 0.1) is 12.7 Å². The van der Waals surface area contributed by atoms with Crippen molar-refractivity contribution in [2.24, 2.45) is 11.7 Å². The zero-order chi connectivity index (χ0) is 30.9. The van der Waals surface area contributed by atoms with Crippen molar-refractivity contribution in [1.29, 1.82) is 5.41 Å². The number of nitrogens with zero attached hydrogens (tertiary/aromatic N) is 1. The molecule has 1 aromatic heterocycles. The fraction of sp³-hybridized carbons (Fsp3) is 0.182. The van der Waals surface area contributed by atoms with E-state index in [0.717, 1.165) is 5.56 Å². The monoisotopic (exact) mass is 579 g/mol. The van der Waals surface area contributed by atoms with Crippen LogP contribution in [0, 0.1) is 11.3 Å². The maximum atomic E-state index is 13.7. The number of ether oxygens (including phenoxy) is 2. The highest BCUT2D eigenvalue weighted by Crippen LogP contribution is 2.31. The summed E-state index contributed by atoms with van der Waals surface area (Å²) in [5.74, 6) is -1.10. The van der Waals surface area contributed by atoms with Gasteiger partial charge in [-0.05, 0) is 71.6 Å². The molecule has 0 atom stereocenters. The third-order valence-electron chi connectivity index (χ3n) is 6.41. The molecular weight excluding hydrogens is 546 g/mol. The number of carbonyl (C=O) groups excluding carboxylic acids is 3. The van der Waals surface area contributed by atoms with Crippen LogP contribution in [0.5, 0.6) is 5.75 Å². The molecule has 0 radical (unpaired) electrons. The number of pyridine rings is 1. The number of amides is 2. The molecule has 0 fully saturated rings. The Kier molecular flexibility index (Phi) is 9.85. The molecule has 10 nitrogen and oxygen atoms in total. The van der Waals surface area contributed by atoms with E-state index in [4.69, 9.17) is 20.6 Å². The fourth-order valence-corrected chi connectivity index (χ4v) is 4.15. The van der Waals surface area contributed by atoms with E-state index in [-0.39, 0.29) is 35.3 Å².